The molecule has 0 atom stereocenters. The Hall–Kier alpha value is -4.59. The van der Waals surface area contributed by atoms with Crippen LogP contribution in [0.2, 0.25) is 0 Å². The number of nitrogens with zero attached hydrogens (tertiary/aromatic N) is 2. The first-order valence-corrected chi connectivity index (χ1v) is 13.9. The number of rotatable bonds is 6. The fourth-order valence-corrected chi connectivity index (χ4v) is 6.28. The monoisotopic (exact) mass is 550 g/mol. The Morgan fingerprint density at radius 2 is 0.714 bits per heavy atom. The summed E-state index contributed by atoms with van der Waals surface area (Å²) < 4.78 is 4.05. The molecule has 2 heterocycles. The van der Waals surface area contributed by atoms with Crippen LogP contribution in [0.15, 0.2) is 122 Å². The van der Waals surface area contributed by atoms with Crippen LogP contribution in [0.3, 0.4) is 0 Å². The first-order chi connectivity index (χ1) is 20.5. The van der Waals surface area contributed by atoms with Crippen molar-refractivity contribution in [1.82, 2.24) is 0 Å². The molecule has 0 saturated carbocycles. The molecule has 0 aliphatic carbocycles. The molecule has 0 unspecified atom stereocenters. The molecule has 4 N–H and O–H groups in total. The zero-order valence-corrected chi connectivity index (χ0v) is 22.8. The maximum atomic E-state index is 10.2. The minimum atomic E-state index is -1.58. The number of aromatic nitrogens is 2. The van der Waals surface area contributed by atoms with Gasteiger partial charge in [-0.2, -0.15) is 0 Å². The molecule has 0 amide bonds. The molecule has 0 saturated heterocycles. The van der Waals surface area contributed by atoms with Crippen molar-refractivity contribution >= 4 is 68.3 Å². The van der Waals surface area contributed by atoms with E-state index in [1.54, 1.807) is 0 Å². The van der Waals surface area contributed by atoms with Gasteiger partial charge in [-0.05, 0) is 44.5 Å². The van der Waals surface area contributed by atoms with Gasteiger partial charge in [0.15, 0.2) is 37.9 Å². The lowest BCUT2D eigenvalue weighted by Crippen LogP contribution is -2.43. The van der Waals surface area contributed by atoms with Crippen LogP contribution in [0, 0.1) is 0 Å². The van der Waals surface area contributed by atoms with Crippen molar-refractivity contribution in [3.05, 3.63) is 133 Å². The number of hydrogen-bond acceptors (Lipinski definition) is 4. The molecule has 0 fully saturated rings. The molecule has 0 aliphatic rings. The summed E-state index contributed by atoms with van der Waals surface area (Å²) in [5.41, 5.74) is 3.21. The van der Waals surface area contributed by atoms with Crippen molar-refractivity contribution < 1.29 is 29.2 Å². The largest absolute Gasteiger partial charge is 0.495 e. The van der Waals surface area contributed by atoms with Gasteiger partial charge in [0.05, 0.1) is 10.9 Å². The molecule has 0 spiro atoms. The smallest absolute Gasteiger partial charge is 0.423 e. The second-order valence-electron chi connectivity index (χ2n) is 10.7. The Labute approximate surface area is 243 Å². The summed E-state index contributed by atoms with van der Waals surface area (Å²) >= 11 is 0. The molecule has 0 bridgehead atoms. The summed E-state index contributed by atoms with van der Waals surface area (Å²) in [6, 6.07) is 32.2. The second kappa shape index (κ2) is 10.7. The van der Waals surface area contributed by atoms with Gasteiger partial charge >= 0.3 is 14.2 Å². The summed E-state index contributed by atoms with van der Waals surface area (Å²) in [6.07, 6.45) is 7.73. The maximum Gasteiger partial charge on any atom is 0.495 e. The van der Waals surface area contributed by atoms with Crippen LogP contribution in [-0.4, -0.2) is 34.3 Å². The van der Waals surface area contributed by atoms with Crippen LogP contribution < -0.4 is 20.1 Å². The van der Waals surface area contributed by atoms with E-state index in [0.717, 1.165) is 54.2 Å². The van der Waals surface area contributed by atoms with E-state index in [-0.39, 0.29) is 0 Å². The Morgan fingerprint density at radius 1 is 0.405 bits per heavy atom. The SMILES string of the molecule is OB(O)c1c[n+](Cc2c3ccccc3c(C[n+]3cc(B(O)O)c4ccccc4c3)c3ccccc23)cc2ccccc12. The lowest BCUT2D eigenvalue weighted by atomic mass is 9.78. The average Bonchev–Trinajstić information content (AvgIpc) is 3.01. The fourth-order valence-electron chi connectivity index (χ4n) is 6.28. The Morgan fingerprint density at radius 3 is 1.05 bits per heavy atom. The molecule has 0 aliphatic heterocycles. The van der Waals surface area contributed by atoms with Crippen molar-refractivity contribution in [2.24, 2.45) is 0 Å². The fraction of sp³-hybridized carbons (Fsp3) is 0.0588. The number of benzene rings is 5. The molecule has 42 heavy (non-hydrogen) atoms. The van der Waals surface area contributed by atoms with Crippen molar-refractivity contribution in [3.63, 3.8) is 0 Å². The van der Waals surface area contributed by atoms with Gasteiger partial charge in [-0.3, -0.25) is 0 Å². The molecule has 0 radical (unpaired) electrons. The highest BCUT2D eigenvalue weighted by Crippen LogP contribution is 2.33. The first kappa shape index (κ1) is 26.3. The van der Waals surface area contributed by atoms with E-state index in [1.807, 2.05) is 107 Å². The number of pyridine rings is 2. The van der Waals surface area contributed by atoms with Gasteiger partial charge in [-0.15, -0.1) is 0 Å². The molecule has 8 heteroatoms. The van der Waals surface area contributed by atoms with Crippen LogP contribution in [0.5, 0.6) is 0 Å². The summed E-state index contributed by atoms with van der Waals surface area (Å²) in [5, 5.41) is 48.6. The topological polar surface area (TPSA) is 88.7 Å². The van der Waals surface area contributed by atoms with E-state index >= 15 is 0 Å². The van der Waals surface area contributed by atoms with Gasteiger partial charge in [0.2, 0.25) is 0 Å². The zero-order chi connectivity index (χ0) is 28.8. The van der Waals surface area contributed by atoms with Gasteiger partial charge in [0.25, 0.3) is 0 Å². The minimum Gasteiger partial charge on any atom is -0.423 e. The highest BCUT2D eigenvalue weighted by molar-refractivity contribution is 6.62. The molecular weight excluding hydrogens is 522 g/mol. The summed E-state index contributed by atoms with van der Waals surface area (Å²) in [6.45, 7) is 1.08. The Balaban J connectivity index is 1.42. The first-order valence-electron chi connectivity index (χ1n) is 13.9. The average molecular weight is 550 g/mol. The van der Waals surface area contributed by atoms with Gasteiger partial charge in [0.1, 0.15) is 0 Å². The standard InChI is InChI=1S/C34H28B2N2O4/c39-35(40)33-21-37(17-23-9-1-3-11-25(23)33)19-31-27-13-5-7-15-29(27)32(30-16-8-6-14-28(30)31)20-38-18-24-10-2-4-12-26(24)34(22-38)36(41)42/h1-18,21-22,39-42H,19-20H2/q+2. The van der Waals surface area contributed by atoms with E-state index < -0.39 is 14.2 Å². The number of fused-ring (bicyclic) bond motifs is 4. The van der Waals surface area contributed by atoms with Crippen LogP contribution in [0.4, 0.5) is 0 Å². The predicted molar refractivity (Wildman–Crippen MR) is 168 cm³/mol. The van der Waals surface area contributed by atoms with Gasteiger partial charge < -0.3 is 20.1 Å². The summed E-state index contributed by atoms with van der Waals surface area (Å²) in [7, 11) is -3.17. The van der Waals surface area contributed by atoms with E-state index in [4.69, 9.17) is 0 Å². The van der Waals surface area contributed by atoms with Crippen LogP contribution in [-0.2, 0) is 13.1 Å². The molecular formula is C34H28B2N2O4+2. The van der Waals surface area contributed by atoms with Crippen molar-refractivity contribution in [1.29, 1.82) is 0 Å². The van der Waals surface area contributed by atoms with Crippen LogP contribution >= 0.6 is 0 Å². The molecule has 2 aromatic heterocycles. The highest BCUT2D eigenvalue weighted by Gasteiger charge is 2.24. The number of hydrogen-bond donors (Lipinski definition) is 4. The summed E-state index contributed by atoms with van der Waals surface area (Å²) in [4.78, 5) is 0. The molecule has 202 valence electrons. The van der Waals surface area contributed by atoms with E-state index in [2.05, 4.69) is 24.3 Å². The lowest BCUT2D eigenvalue weighted by molar-refractivity contribution is -0.686. The third-order valence-electron chi connectivity index (χ3n) is 8.16. The minimum absolute atomic E-state index is 0.466. The van der Waals surface area contributed by atoms with Crippen LogP contribution in [0.25, 0.3) is 43.1 Å². The van der Waals surface area contributed by atoms with Gasteiger partial charge in [-0.25, -0.2) is 9.13 Å². The van der Waals surface area contributed by atoms with E-state index in [0.29, 0.717) is 24.0 Å². The third kappa shape index (κ3) is 4.61. The van der Waals surface area contributed by atoms with Gasteiger partial charge in [0, 0.05) is 21.9 Å². The predicted octanol–water partition coefficient (Wildman–Crippen LogP) is 2.33. The van der Waals surface area contributed by atoms with Crippen molar-refractivity contribution in [3.8, 4) is 0 Å². The normalized spacial score (nSPS) is 11.5. The van der Waals surface area contributed by atoms with Crippen LogP contribution in [0.1, 0.15) is 11.1 Å². The van der Waals surface area contributed by atoms with Crippen molar-refractivity contribution in [2.75, 3.05) is 0 Å². The molecule has 7 aromatic rings. The molecule has 7 rings (SSSR count). The third-order valence-corrected chi connectivity index (χ3v) is 8.16. The van der Waals surface area contributed by atoms with E-state index in [9.17, 15) is 20.1 Å². The zero-order valence-electron chi connectivity index (χ0n) is 22.8. The molecule has 6 nitrogen and oxygen atoms in total. The summed E-state index contributed by atoms with van der Waals surface area (Å²) in [5.74, 6) is 0. The van der Waals surface area contributed by atoms with E-state index in [1.165, 1.54) is 0 Å². The molecule has 5 aromatic carbocycles. The van der Waals surface area contributed by atoms with Gasteiger partial charge in [-0.1, -0.05) is 84.9 Å². The maximum absolute atomic E-state index is 10.2. The highest BCUT2D eigenvalue weighted by atomic mass is 16.4. The Kier molecular flexibility index (Phi) is 6.69. The lowest BCUT2D eigenvalue weighted by Gasteiger charge is -2.15. The van der Waals surface area contributed by atoms with Crippen molar-refractivity contribution in [2.45, 2.75) is 13.1 Å². The quantitative estimate of drug-likeness (QED) is 0.146. The second-order valence-corrected chi connectivity index (χ2v) is 10.7. The Bertz CT molecular complexity index is 1920.